The second kappa shape index (κ2) is 6.27. The summed E-state index contributed by atoms with van der Waals surface area (Å²) in [6.45, 7) is 5.86. The Kier molecular flexibility index (Phi) is 3.95. The number of anilines is 2. The molecule has 25 heavy (non-hydrogen) atoms. The van der Waals surface area contributed by atoms with E-state index >= 15 is 0 Å². The summed E-state index contributed by atoms with van der Waals surface area (Å²) >= 11 is 0. The van der Waals surface area contributed by atoms with Gasteiger partial charge in [-0.1, -0.05) is 0 Å². The minimum absolute atomic E-state index is 0.367. The van der Waals surface area contributed by atoms with Crippen LogP contribution in [0.5, 0.6) is 0 Å². The smallest absolute Gasteiger partial charge is 0.254 e. The summed E-state index contributed by atoms with van der Waals surface area (Å²) < 4.78 is 1.80. The van der Waals surface area contributed by atoms with Crippen LogP contribution in [0.4, 0.5) is 11.6 Å². The van der Waals surface area contributed by atoms with Crippen LogP contribution in [0.15, 0.2) is 24.5 Å². The van der Waals surface area contributed by atoms with Crippen LogP contribution in [0.3, 0.4) is 0 Å². The third-order valence-corrected chi connectivity index (χ3v) is 4.77. The van der Waals surface area contributed by atoms with Gasteiger partial charge in [-0.2, -0.15) is 19.7 Å². The first-order valence-electron chi connectivity index (χ1n) is 8.57. The molecule has 130 valence electrons. The van der Waals surface area contributed by atoms with Crippen molar-refractivity contribution in [2.45, 2.75) is 32.7 Å². The number of piperidine rings is 1. The van der Waals surface area contributed by atoms with Crippen molar-refractivity contribution in [1.29, 1.82) is 0 Å². The Labute approximate surface area is 146 Å². The van der Waals surface area contributed by atoms with Crippen molar-refractivity contribution in [2.24, 2.45) is 0 Å². The van der Waals surface area contributed by atoms with E-state index in [0.29, 0.717) is 11.8 Å². The Hall–Kier alpha value is -2.77. The topological polar surface area (TPSA) is 75.3 Å². The molecule has 0 aliphatic carbocycles. The maximum absolute atomic E-state index is 4.43. The van der Waals surface area contributed by atoms with Gasteiger partial charge in [-0.05, 0) is 38.8 Å². The standard InChI is InChI=1S/C17H22N8/c1-12-6-7-15(22-21-12)24-8-4-5-14(10-24)23(3)16-9-13(2)20-17-18-11-19-25(16)17/h6-7,9,11,14H,4-5,8,10H2,1-3H3/t14-/m0/s1. The molecule has 3 aromatic rings. The molecule has 0 spiro atoms. The molecule has 0 unspecified atom stereocenters. The molecule has 1 aliphatic heterocycles. The van der Waals surface area contributed by atoms with Crippen LogP contribution in [0.1, 0.15) is 24.2 Å². The lowest BCUT2D eigenvalue weighted by Crippen LogP contribution is -2.47. The summed E-state index contributed by atoms with van der Waals surface area (Å²) in [5.41, 5.74) is 1.88. The first-order chi connectivity index (χ1) is 12.1. The van der Waals surface area contributed by atoms with E-state index in [1.807, 2.05) is 19.9 Å². The molecule has 4 rings (SSSR count). The molecule has 1 saturated heterocycles. The van der Waals surface area contributed by atoms with E-state index in [4.69, 9.17) is 0 Å². The van der Waals surface area contributed by atoms with Crippen LogP contribution in [-0.4, -0.2) is 56.0 Å². The van der Waals surface area contributed by atoms with Crippen molar-refractivity contribution in [3.8, 4) is 0 Å². The molecule has 0 amide bonds. The van der Waals surface area contributed by atoms with Crippen molar-refractivity contribution in [1.82, 2.24) is 29.8 Å². The molecular formula is C17H22N8. The molecule has 1 fully saturated rings. The van der Waals surface area contributed by atoms with Gasteiger partial charge in [0.1, 0.15) is 12.1 Å². The lowest BCUT2D eigenvalue weighted by atomic mass is 10.0. The van der Waals surface area contributed by atoms with E-state index in [0.717, 1.165) is 49.0 Å². The highest BCUT2D eigenvalue weighted by Crippen LogP contribution is 2.24. The number of hydrogen-bond donors (Lipinski definition) is 0. The SMILES string of the molecule is Cc1ccc(N2CCC[C@H](N(C)c3cc(C)nc4ncnn34)C2)nn1. The largest absolute Gasteiger partial charge is 0.355 e. The zero-order valence-electron chi connectivity index (χ0n) is 14.8. The number of hydrogen-bond acceptors (Lipinski definition) is 7. The summed E-state index contributed by atoms with van der Waals surface area (Å²) in [4.78, 5) is 13.2. The van der Waals surface area contributed by atoms with Crippen LogP contribution in [0, 0.1) is 13.8 Å². The Morgan fingerprint density at radius 2 is 2.04 bits per heavy atom. The van der Waals surface area contributed by atoms with Gasteiger partial charge in [0, 0.05) is 37.9 Å². The fourth-order valence-corrected chi connectivity index (χ4v) is 3.39. The van der Waals surface area contributed by atoms with Crippen LogP contribution in [0.2, 0.25) is 0 Å². The van der Waals surface area contributed by atoms with Crippen molar-refractivity contribution in [2.75, 3.05) is 29.9 Å². The average molecular weight is 338 g/mol. The van der Waals surface area contributed by atoms with E-state index in [2.05, 4.69) is 54.2 Å². The Bertz CT molecular complexity index is 872. The van der Waals surface area contributed by atoms with Crippen molar-refractivity contribution in [3.05, 3.63) is 35.9 Å². The zero-order chi connectivity index (χ0) is 17.4. The molecule has 4 heterocycles. The highest BCUT2D eigenvalue weighted by Gasteiger charge is 2.26. The van der Waals surface area contributed by atoms with Gasteiger partial charge < -0.3 is 9.80 Å². The van der Waals surface area contributed by atoms with Crippen molar-refractivity contribution >= 4 is 17.4 Å². The third kappa shape index (κ3) is 2.99. The minimum Gasteiger partial charge on any atom is -0.355 e. The van der Waals surface area contributed by atoms with Gasteiger partial charge in [0.2, 0.25) is 0 Å². The Balaban J connectivity index is 1.60. The van der Waals surface area contributed by atoms with Gasteiger partial charge in [-0.25, -0.2) is 4.98 Å². The summed E-state index contributed by atoms with van der Waals surface area (Å²) in [7, 11) is 2.12. The Morgan fingerprint density at radius 3 is 2.84 bits per heavy atom. The monoisotopic (exact) mass is 338 g/mol. The van der Waals surface area contributed by atoms with Gasteiger partial charge in [-0.15, -0.1) is 5.10 Å². The van der Waals surface area contributed by atoms with Crippen molar-refractivity contribution < 1.29 is 0 Å². The summed E-state index contributed by atoms with van der Waals surface area (Å²) in [6.07, 6.45) is 3.80. The normalized spacial score (nSPS) is 17.9. The lowest BCUT2D eigenvalue weighted by Gasteiger charge is -2.38. The second-order valence-electron chi connectivity index (χ2n) is 6.61. The fraction of sp³-hybridized carbons (Fsp3) is 0.471. The quantitative estimate of drug-likeness (QED) is 0.718. The van der Waals surface area contributed by atoms with Crippen LogP contribution >= 0.6 is 0 Å². The summed E-state index contributed by atoms with van der Waals surface area (Å²) in [5, 5.41) is 12.9. The number of rotatable bonds is 3. The third-order valence-electron chi connectivity index (χ3n) is 4.77. The van der Waals surface area contributed by atoms with Crippen molar-refractivity contribution in [3.63, 3.8) is 0 Å². The van der Waals surface area contributed by atoms with Crippen LogP contribution in [0.25, 0.3) is 5.78 Å². The Morgan fingerprint density at radius 1 is 1.16 bits per heavy atom. The lowest BCUT2D eigenvalue weighted by molar-refractivity contribution is 0.480. The molecule has 1 aliphatic rings. The van der Waals surface area contributed by atoms with Gasteiger partial charge in [0.05, 0.1) is 5.69 Å². The first kappa shape index (κ1) is 15.7. The maximum Gasteiger partial charge on any atom is 0.254 e. The molecule has 3 aromatic heterocycles. The maximum atomic E-state index is 4.43. The summed E-state index contributed by atoms with van der Waals surface area (Å²) in [5.74, 6) is 2.60. The number of aryl methyl sites for hydroxylation is 2. The first-order valence-corrected chi connectivity index (χ1v) is 8.57. The van der Waals surface area contributed by atoms with Gasteiger partial charge in [0.15, 0.2) is 5.82 Å². The molecule has 8 heteroatoms. The molecule has 0 bridgehead atoms. The predicted molar refractivity (Wildman–Crippen MR) is 95.9 cm³/mol. The number of fused-ring (bicyclic) bond motifs is 1. The van der Waals surface area contributed by atoms with Gasteiger partial charge in [0.25, 0.3) is 5.78 Å². The average Bonchev–Trinajstić information content (AvgIpc) is 3.09. The van der Waals surface area contributed by atoms with Crippen LogP contribution < -0.4 is 9.80 Å². The van der Waals surface area contributed by atoms with E-state index in [-0.39, 0.29) is 0 Å². The van der Waals surface area contributed by atoms with E-state index in [1.165, 1.54) is 0 Å². The molecule has 0 radical (unpaired) electrons. The molecule has 0 aromatic carbocycles. The van der Waals surface area contributed by atoms with E-state index in [9.17, 15) is 0 Å². The molecule has 1 atom stereocenters. The highest BCUT2D eigenvalue weighted by molar-refractivity contribution is 5.48. The van der Waals surface area contributed by atoms with Crippen LogP contribution in [-0.2, 0) is 0 Å². The van der Waals surface area contributed by atoms with Gasteiger partial charge in [-0.3, -0.25) is 0 Å². The number of likely N-dealkylation sites (N-methyl/N-ethyl adjacent to an activating group) is 1. The van der Waals surface area contributed by atoms with E-state index in [1.54, 1.807) is 10.8 Å². The molecule has 0 saturated carbocycles. The minimum atomic E-state index is 0.367. The zero-order valence-corrected chi connectivity index (χ0v) is 14.8. The van der Waals surface area contributed by atoms with Gasteiger partial charge >= 0.3 is 0 Å². The molecule has 8 nitrogen and oxygen atoms in total. The molecular weight excluding hydrogens is 316 g/mol. The fourth-order valence-electron chi connectivity index (χ4n) is 3.39. The summed E-state index contributed by atoms with van der Waals surface area (Å²) in [6, 6.07) is 6.50. The number of aromatic nitrogens is 6. The van der Waals surface area contributed by atoms with E-state index < -0.39 is 0 Å². The molecule has 0 N–H and O–H groups in total. The predicted octanol–water partition coefficient (Wildman–Crippen LogP) is 1.64. The number of nitrogens with zero attached hydrogens (tertiary/aromatic N) is 8. The highest BCUT2D eigenvalue weighted by atomic mass is 15.4. The second-order valence-corrected chi connectivity index (χ2v) is 6.61.